The molecule has 0 saturated carbocycles. The highest BCUT2D eigenvalue weighted by Crippen LogP contribution is 2.02. The molecule has 0 saturated heterocycles. The summed E-state index contributed by atoms with van der Waals surface area (Å²) < 4.78 is 0. The maximum atomic E-state index is 11.1. The average molecular weight is 228 g/mol. The zero-order chi connectivity index (χ0) is 11.7. The molecule has 0 bridgehead atoms. The maximum Gasteiger partial charge on any atom is 0.230 e. The fraction of sp³-hybridized carbons (Fsp3) is 0.429. The van der Waals surface area contributed by atoms with E-state index < -0.39 is 0 Å². The number of rotatable bonds is 4. The zero-order valence-electron chi connectivity index (χ0n) is 7.99. The number of nitriles is 1. The number of carbonyl (C=O) groups is 1. The van der Waals surface area contributed by atoms with Crippen molar-refractivity contribution in [1.82, 2.24) is 5.32 Å². The van der Waals surface area contributed by atoms with E-state index in [1.807, 2.05) is 6.07 Å². The van der Waals surface area contributed by atoms with E-state index in [1.165, 1.54) is 0 Å². The van der Waals surface area contributed by atoms with Crippen LogP contribution in [0.4, 0.5) is 0 Å². The second kappa shape index (κ2) is 7.64. The predicted molar refractivity (Wildman–Crippen MR) is 59.2 cm³/mol. The Morgan fingerprint density at radius 3 is 2.80 bits per heavy atom. The van der Waals surface area contributed by atoms with Crippen LogP contribution in [0.2, 0.25) is 0 Å². The summed E-state index contributed by atoms with van der Waals surface area (Å²) in [4.78, 5) is 14.5. The number of thioether (sulfide) groups is 1. The van der Waals surface area contributed by atoms with Crippen molar-refractivity contribution in [2.24, 2.45) is 16.5 Å². The Morgan fingerprint density at radius 1 is 1.60 bits per heavy atom. The van der Waals surface area contributed by atoms with E-state index in [0.29, 0.717) is 6.54 Å². The third kappa shape index (κ3) is 8.58. The first kappa shape index (κ1) is 13.2. The molecule has 0 aromatic carbocycles. The lowest BCUT2D eigenvalue weighted by atomic mass is 10.4. The lowest BCUT2D eigenvalue weighted by molar-refractivity contribution is -0.118. The van der Waals surface area contributed by atoms with Crippen LogP contribution in [-0.2, 0) is 4.79 Å². The minimum Gasteiger partial charge on any atom is -0.370 e. The normalized spacial score (nSPS) is 8.73. The van der Waals surface area contributed by atoms with Gasteiger partial charge in [-0.25, -0.2) is 0 Å². The van der Waals surface area contributed by atoms with Gasteiger partial charge >= 0.3 is 0 Å². The zero-order valence-corrected chi connectivity index (χ0v) is 8.80. The molecular weight excluding hydrogens is 216 g/mol. The lowest BCUT2D eigenvalue weighted by Crippen LogP contribution is -2.27. The molecular formula is C7H12N6OS. The minimum atomic E-state index is -0.259. The van der Waals surface area contributed by atoms with Gasteiger partial charge in [-0.05, 0) is 0 Å². The second-order valence-electron chi connectivity index (χ2n) is 2.39. The van der Waals surface area contributed by atoms with Crippen LogP contribution in [0.3, 0.4) is 0 Å². The van der Waals surface area contributed by atoms with Crippen LogP contribution >= 0.6 is 11.8 Å². The highest BCUT2D eigenvalue weighted by Gasteiger charge is 2.03. The van der Waals surface area contributed by atoms with Gasteiger partial charge < -0.3 is 16.8 Å². The van der Waals surface area contributed by atoms with Crippen LogP contribution in [0, 0.1) is 16.7 Å². The molecule has 0 atom stereocenters. The Kier molecular flexibility index (Phi) is 6.74. The van der Waals surface area contributed by atoms with Gasteiger partial charge in [0.15, 0.2) is 11.1 Å². The summed E-state index contributed by atoms with van der Waals surface area (Å²) in [6.45, 7) is 0.311. The number of nitrogens with zero attached hydrogens (tertiary/aromatic N) is 2. The molecule has 15 heavy (non-hydrogen) atoms. The monoisotopic (exact) mass is 228 g/mol. The van der Waals surface area contributed by atoms with E-state index in [9.17, 15) is 4.79 Å². The summed E-state index contributed by atoms with van der Waals surface area (Å²) in [5.41, 5.74) is 10.1. The Morgan fingerprint density at radius 2 is 2.27 bits per heavy atom. The lowest BCUT2D eigenvalue weighted by Gasteiger charge is -2.01. The van der Waals surface area contributed by atoms with Crippen LogP contribution < -0.4 is 16.8 Å². The van der Waals surface area contributed by atoms with Gasteiger partial charge in [-0.15, -0.1) is 0 Å². The fourth-order valence-electron chi connectivity index (χ4n) is 0.592. The third-order valence-electron chi connectivity index (χ3n) is 1.13. The van der Waals surface area contributed by atoms with Gasteiger partial charge in [-0.1, -0.05) is 11.8 Å². The molecule has 7 nitrogen and oxygen atoms in total. The molecule has 0 radical (unpaired) electrons. The van der Waals surface area contributed by atoms with E-state index in [1.54, 1.807) is 0 Å². The number of carbonyl (C=O) groups excluding carboxylic acids is 1. The summed E-state index contributed by atoms with van der Waals surface area (Å²) in [6, 6.07) is 1.90. The van der Waals surface area contributed by atoms with Gasteiger partial charge in [0.05, 0.1) is 18.2 Å². The van der Waals surface area contributed by atoms with E-state index >= 15 is 0 Å². The first-order chi connectivity index (χ1) is 7.06. The van der Waals surface area contributed by atoms with Crippen molar-refractivity contribution < 1.29 is 4.79 Å². The largest absolute Gasteiger partial charge is 0.370 e. The number of amidine groups is 1. The Balaban J connectivity index is 3.68. The van der Waals surface area contributed by atoms with Crippen molar-refractivity contribution in [1.29, 1.82) is 10.7 Å². The van der Waals surface area contributed by atoms with E-state index in [2.05, 4.69) is 10.3 Å². The Bertz CT molecular complexity index is 303. The van der Waals surface area contributed by atoms with Gasteiger partial charge in [0.2, 0.25) is 5.91 Å². The molecule has 6 N–H and O–H groups in total. The Labute approximate surface area is 91.4 Å². The first-order valence-corrected chi connectivity index (χ1v) is 4.99. The van der Waals surface area contributed by atoms with Crippen molar-refractivity contribution in [2.75, 3.05) is 12.3 Å². The average Bonchev–Trinajstić information content (AvgIpc) is 2.14. The number of amides is 1. The summed E-state index contributed by atoms with van der Waals surface area (Å²) in [7, 11) is 0. The fourth-order valence-corrected chi connectivity index (χ4v) is 1.13. The maximum absolute atomic E-state index is 11.1. The summed E-state index contributed by atoms with van der Waals surface area (Å²) >= 11 is 0.912. The van der Waals surface area contributed by atoms with Crippen molar-refractivity contribution in [3.05, 3.63) is 0 Å². The second-order valence-corrected chi connectivity index (χ2v) is 3.35. The van der Waals surface area contributed by atoms with E-state index in [0.717, 1.165) is 11.8 Å². The molecule has 0 spiro atoms. The van der Waals surface area contributed by atoms with Crippen LogP contribution in [0.1, 0.15) is 6.42 Å². The molecule has 0 aliphatic heterocycles. The van der Waals surface area contributed by atoms with Crippen molar-refractivity contribution in [3.63, 3.8) is 0 Å². The van der Waals surface area contributed by atoms with Gasteiger partial charge in [0, 0.05) is 6.54 Å². The number of nitrogens with two attached hydrogens (primary N) is 2. The number of nitrogens with one attached hydrogen (secondary N) is 2. The molecule has 0 aromatic heterocycles. The molecule has 0 heterocycles. The summed E-state index contributed by atoms with van der Waals surface area (Å²) in [5.74, 6) is -0.413. The van der Waals surface area contributed by atoms with E-state index in [4.69, 9.17) is 22.1 Å². The summed E-state index contributed by atoms with van der Waals surface area (Å²) in [5, 5.41) is 17.8. The van der Waals surface area contributed by atoms with Crippen molar-refractivity contribution >= 4 is 28.8 Å². The Hall–Kier alpha value is -1.75. The van der Waals surface area contributed by atoms with E-state index in [-0.39, 0.29) is 29.2 Å². The predicted octanol–water partition coefficient (Wildman–Crippen LogP) is -1.04. The highest BCUT2D eigenvalue weighted by molar-refractivity contribution is 8.14. The molecule has 0 rings (SSSR count). The molecule has 82 valence electrons. The quantitative estimate of drug-likeness (QED) is 0.276. The van der Waals surface area contributed by atoms with Crippen LogP contribution in [0.25, 0.3) is 0 Å². The van der Waals surface area contributed by atoms with Crippen molar-refractivity contribution in [2.45, 2.75) is 6.42 Å². The number of guanidine groups is 1. The van der Waals surface area contributed by atoms with Gasteiger partial charge in [0.25, 0.3) is 0 Å². The molecule has 0 aliphatic carbocycles. The van der Waals surface area contributed by atoms with Crippen molar-refractivity contribution in [3.8, 4) is 6.07 Å². The van der Waals surface area contributed by atoms with Crippen LogP contribution in [0.15, 0.2) is 4.99 Å². The molecule has 1 amide bonds. The SMILES string of the molecule is N#CCCNC(=O)CSC(=N)N=C(N)N. The molecule has 0 aromatic rings. The first-order valence-electron chi connectivity index (χ1n) is 4.01. The third-order valence-corrected chi connectivity index (χ3v) is 1.90. The van der Waals surface area contributed by atoms with Gasteiger partial charge in [-0.2, -0.15) is 10.3 Å². The topological polar surface area (TPSA) is 141 Å². The molecule has 8 heteroatoms. The number of hydrogen-bond acceptors (Lipinski definition) is 4. The smallest absolute Gasteiger partial charge is 0.230 e. The number of hydrogen-bond donors (Lipinski definition) is 4. The molecule has 0 unspecified atom stereocenters. The molecule has 0 aliphatic rings. The number of aliphatic imine (C=N–C) groups is 1. The van der Waals surface area contributed by atoms with Crippen LogP contribution in [0.5, 0.6) is 0 Å². The van der Waals surface area contributed by atoms with Gasteiger partial charge in [-0.3, -0.25) is 10.2 Å². The highest BCUT2D eigenvalue weighted by atomic mass is 32.2. The minimum absolute atomic E-state index is 0.0566. The van der Waals surface area contributed by atoms with Gasteiger partial charge in [0.1, 0.15) is 0 Å². The molecule has 0 fully saturated rings. The standard InChI is InChI=1S/C7H12N6OS/c8-2-1-3-12-5(14)4-15-7(11)13-6(9)10/h1,3-4H2,(H,12,14)(H5,9,10,11,13). The van der Waals surface area contributed by atoms with Crippen LogP contribution in [-0.4, -0.2) is 29.3 Å². The summed E-state index contributed by atoms with van der Waals surface area (Å²) in [6.07, 6.45) is 0.266.